The van der Waals surface area contributed by atoms with Gasteiger partial charge in [-0.05, 0) is 73.5 Å². The van der Waals surface area contributed by atoms with Gasteiger partial charge in [0, 0.05) is 16.4 Å². The highest BCUT2D eigenvalue weighted by molar-refractivity contribution is 7.21. The van der Waals surface area contributed by atoms with Crippen molar-refractivity contribution >= 4 is 33.0 Å². The minimum Gasteiger partial charge on any atom is -0.397 e. The summed E-state index contributed by atoms with van der Waals surface area (Å²) in [5.74, 6) is 2.49. The van der Waals surface area contributed by atoms with Crippen LogP contribution in [0.4, 0.5) is 5.69 Å². The molecule has 2 aromatic heterocycles. The van der Waals surface area contributed by atoms with E-state index in [1.54, 1.807) is 0 Å². The van der Waals surface area contributed by atoms with Gasteiger partial charge in [-0.15, -0.1) is 11.3 Å². The summed E-state index contributed by atoms with van der Waals surface area (Å²) in [7, 11) is 0. The molecule has 0 amide bonds. The number of hydrogen-bond donors (Lipinski definition) is 1. The van der Waals surface area contributed by atoms with E-state index in [0.717, 1.165) is 74.5 Å². The molecule has 3 nitrogen and oxygen atoms in total. The van der Waals surface area contributed by atoms with Crippen molar-refractivity contribution in [2.45, 2.75) is 38.5 Å². The quantitative estimate of drug-likeness (QED) is 0.316. The Kier molecular flexibility index (Phi) is 4.51. The fraction of sp³-hybridized carbons (Fsp3) is 0.333. The number of aromatic nitrogens is 1. The first kappa shape index (κ1) is 20.4. The summed E-state index contributed by atoms with van der Waals surface area (Å²) in [5, 5.41) is 0.934. The Morgan fingerprint density at radius 3 is 2.00 bits per heavy atom. The minimum atomic E-state index is -0.196. The maximum Gasteiger partial charge on any atom is 0.181 e. The van der Waals surface area contributed by atoms with Crippen molar-refractivity contribution in [3.63, 3.8) is 0 Å². The number of nitrogens with zero attached hydrogens (tertiary/aromatic N) is 1. The second-order valence-corrected chi connectivity index (χ2v) is 11.8. The number of nitrogens with two attached hydrogens (primary N) is 1. The largest absolute Gasteiger partial charge is 0.397 e. The third-order valence-electron chi connectivity index (χ3n) is 8.58. The SMILES string of the molecule is Nc1c(C(=O)C23CC4CC(CC(C4)C2)C3)sc2nc(-c3ccccc3)cc(-c3ccccc3)c12. The number of carbonyl (C=O) groups excluding carboxylic acids is 1. The molecule has 0 spiro atoms. The van der Waals surface area contributed by atoms with E-state index in [4.69, 9.17) is 10.7 Å². The molecular weight excluding hydrogens is 436 g/mol. The van der Waals surface area contributed by atoms with Crippen molar-refractivity contribution in [2.24, 2.45) is 23.2 Å². The first-order valence-corrected chi connectivity index (χ1v) is 13.3. The summed E-state index contributed by atoms with van der Waals surface area (Å²) in [5.41, 5.74) is 11.4. The number of benzene rings is 2. The Balaban J connectivity index is 1.41. The average Bonchev–Trinajstić information content (AvgIpc) is 3.19. The zero-order valence-corrected chi connectivity index (χ0v) is 20.0. The monoisotopic (exact) mass is 464 g/mol. The zero-order chi connectivity index (χ0) is 22.9. The average molecular weight is 465 g/mol. The molecule has 4 aliphatic rings. The van der Waals surface area contributed by atoms with E-state index in [2.05, 4.69) is 30.3 Å². The summed E-state index contributed by atoms with van der Waals surface area (Å²) in [6.07, 6.45) is 7.15. The van der Waals surface area contributed by atoms with Crippen LogP contribution in [-0.4, -0.2) is 10.8 Å². The van der Waals surface area contributed by atoms with Crippen LogP contribution in [0.1, 0.15) is 48.2 Å². The van der Waals surface area contributed by atoms with Gasteiger partial charge in [0.15, 0.2) is 5.78 Å². The first-order chi connectivity index (χ1) is 16.6. The molecule has 0 atom stereocenters. The third-order valence-corrected chi connectivity index (χ3v) is 9.68. The van der Waals surface area contributed by atoms with Crippen LogP contribution in [0.2, 0.25) is 0 Å². The van der Waals surface area contributed by atoms with Crippen LogP contribution in [0.5, 0.6) is 0 Å². The molecule has 4 bridgehead atoms. The van der Waals surface area contributed by atoms with Gasteiger partial charge < -0.3 is 5.73 Å². The van der Waals surface area contributed by atoms with Crippen LogP contribution in [0.15, 0.2) is 66.7 Å². The van der Waals surface area contributed by atoms with Gasteiger partial charge in [0.1, 0.15) is 4.83 Å². The fourth-order valence-corrected chi connectivity index (χ4v) is 8.70. The summed E-state index contributed by atoms with van der Waals surface area (Å²) in [6.45, 7) is 0. The van der Waals surface area contributed by atoms with Gasteiger partial charge >= 0.3 is 0 Å². The van der Waals surface area contributed by atoms with Gasteiger partial charge in [0.25, 0.3) is 0 Å². The molecule has 0 saturated heterocycles. The Bertz CT molecular complexity index is 1370. The number of rotatable bonds is 4. The summed E-state index contributed by atoms with van der Waals surface area (Å²) in [6, 6.07) is 22.7. The number of hydrogen-bond acceptors (Lipinski definition) is 4. The van der Waals surface area contributed by atoms with Crippen molar-refractivity contribution in [3.05, 3.63) is 71.6 Å². The van der Waals surface area contributed by atoms with Crippen LogP contribution in [0, 0.1) is 23.2 Å². The normalized spacial score (nSPS) is 27.4. The molecule has 2 heterocycles. The molecule has 4 saturated carbocycles. The van der Waals surface area contributed by atoms with E-state index < -0.39 is 0 Å². The number of ketones is 1. The van der Waals surface area contributed by atoms with Gasteiger partial charge in [0.05, 0.1) is 16.3 Å². The van der Waals surface area contributed by atoms with E-state index in [-0.39, 0.29) is 5.41 Å². The highest BCUT2D eigenvalue weighted by Gasteiger charge is 2.55. The lowest BCUT2D eigenvalue weighted by Gasteiger charge is -2.55. The van der Waals surface area contributed by atoms with E-state index in [0.29, 0.717) is 11.5 Å². The summed E-state index contributed by atoms with van der Waals surface area (Å²) >= 11 is 1.51. The van der Waals surface area contributed by atoms with E-state index in [1.807, 2.05) is 36.4 Å². The summed E-state index contributed by atoms with van der Waals surface area (Å²) < 4.78 is 0. The van der Waals surface area contributed by atoms with Gasteiger partial charge in [-0.1, -0.05) is 60.7 Å². The van der Waals surface area contributed by atoms with Crippen molar-refractivity contribution < 1.29 is 4.79 Å². The fourth-order valence-electron chi connectivity index (χ4n) is 7.52. The van der Waals surface area contributed by atoms with Gasteiger partial charge in [0.2, 0.25) is 0 Å². The van der Waals surface area contributed by atoms with Crippen molar-refractivity contribution in [2.75, 3.05) is 5.73 Å². The van der Waals surface area contributed by atoms with Crippen LogP contribution in [0.3, 0.4) is 0 Å². The molecule has 8 rings (SSSR count). The Hall–Kier alpha value is -2.98. The molecule has 0 unspecified atom stereocenters. The summed E-state index contributed by atoms with van der Waals surface area (Å²) in [4.78, 5) is 20.8. The Morgan fingerprint density at radius 2 is 1.41 bits per heavy atom. The highest BCUT2D eigenvalue weighted by Crippen LogP contribution is 2.61. The van der Waals surface area contributed by atoms with Crippen molar-refractivity contribution in [1.82, 2.24) is 4.98 Å². The number of nitrogen functional groups attached to an aromatic ring is 1. The molecular formula is C30H28N2OS. The number of pyridine rings is 1. The molecule has 0 radical (unpaired) electrons. The van der Waals surface area contributed by atoms with Gasteiger partial charge in [-0.3, -0.25) is 4.79 Å². The molecule has 2 N–H and O–H groups in total. The lowest BCUT2D eigenvalue weighted by molar-refractivity contribution is -0.0350. The molecule has 4 aromatic rings. The number of Topliss-reactive ketones (excluding diaryl/α,β-unsaturated/α-hetero) is 1. The lowest BCUT2D eigenvalue weighted by Crippen LogP contribution is -2.49. The van der Waals surface area contributed by atoms with Crippen molar-refractivity contribution in [1.29, 1.82) is 0 Å². The second kappa shape index (κ2) is 7.51. The highest BCUT2D eigenvalue weighted by atomic mass is 32.1. The third kappa shape index (κ3) is 3.08. The number of fused-ring (bicyclic) bond motifs is 1. The van der Waals surface area contributed by atoms with Crippen LogP contribution in [-0.2, 0) is 0 Å². The first-order valence-electron chi connectivity index (χ1n) is 12.5. The topological polar surface area (TPSA) is 56.0 Å². The predicted octanol–water partition coefficient (Wildman–Crippen LogP) is 7.61. The molecule has 2 aromatic carbocycles. The van der Waals surface area contributed by atoms with E-state index in [1.165, 1.54) is 30.6 Å². The molecule has 170 valence electrons. The second-order valence-electron chi connectivity index (χ2n) is 10.8. The smallest absolute Gasteiger partial charge is 0.181 e. The standard InChI is InChI=1S/C30H28N2OS/c31-26-25-23(21-7-3-1-4-8-21)14-24(22-9-5-2-6-10-22)32-29(25)34-27(26)28(33)30-15-18-11-19(16-30)13-20(12-18)17-30/h1-10,14,18-20H,11-13,15-17,31H2. The molecule has 34 heavy (non-hydrogen) atoms. The number of carbonyl (C=O) groups is 1. The van der Waals surface area contributed by atoms with Crippen LogP contribution >= 0.6 is 11.3 Å². The zero-order valence-electron chi connectivity index (χ0n) is 19.2. The van der Waals surface area contributed by atoms with Gasteiger partial charge in [-0.25, -0.2) is 4.98 Å². The maximum absolute atomic E-state index is 14.2. The lowest BCUT2D eigenvalue weighted by atomic mass is 9.48. The number of anilines is 1. The Labute approximate surface area is 204 Å². The Morgan fingerprint density at radius 1 is 0.853 bits per heavy atom. The minimum absolute atomic E-state index is 0.196. The number of thiophene rings is 1. The predicted molar refractivity (Wildman–Crippen MR) is 140 cm³/mol. The van der Waals surface area contributed by atoms with Crippen LogP contribution < -0.4 is 5.73 Å². The molecule has 4 heteroatoms. The molecule has 0 aliphatic heterocycles. The van der Waals surface area contributed by atoms with E-state index >= 15 is 0 Å². The molecule has 4 aliphatic carbocycles. The molecule has 4 fully saturated rings. The van der Waals surface area contributed by atoms with Gasteiger partial charge in [-0.2, -0.15) is 0 Å². The maximum atomic E-state index is 14.2. The van der Waals surface area contributed by atoms with Crippen molar-refractivity contribution in [3.8, 4) is 22.4 Å². The van der Waals surface area contributed by atoms with Crippen LogP contribution in [0.25, 0.3) is 32.6 Å². The van der Waals surface area contributed by atoms with E-state index in [9.17, 15) is 4.79 Å².